The molecule has 2 aromatic rings. The van der Waals surface area contributed by atoms with Crippen LogP contribution in [0.25, 0.3) is 0 Å². The Hall–Kier alpha value is -2.54. The van der Waals surface area contributed by atoms with Crippen LogP contribution >= 0.6 is 0 Å². The predicted molar refractivity (Wildman–Crippen MR) is 103 cm³/mol. The molecule has 1 saturated heterocycles. The molecule has 0 spiro atoms. The van der Waals surface area contributed by atoms with Crippen molar-refractivity contribution in [2.24, 2.45) is 0 Å². The molecular weight excluding hydrogens is 330 g/mol. The summed E-state index contributed by atoms with van der Waals surface area (Å²) < 4.78 is 10.6. The Labute approximate surface area is 155 Å². The number of nitrogens with one attached hydrogen (secondary N) is 1. The van der Waals surface area contributed by atoms with Crippen LogP contribution in [0.2, 0.25) is 0 Å². The molecule has 0 aliphatic carbocycles. The van der Waals surface area contributed by atoms with E-state index < -0.39 is 0 Å². The molecule has 0 amide bonds. The van der Waals surface area contributed by atoms with E-state index >= 15 is 0 Å². The summed E-state index contributed by atoms with van der Waals surface area (Å²) >= 11 is 0. The number of likely N-dealkylation sites (N-methyl/N-ethyl adjacent to an activating group) is 1. The monoisotopic (exact) mass is 357 g/mol. The van der Waals surface area contributed by atoms with E-state index in [0.717, 1.165) is 62.3 Å². The number of aromatic nitrogens is 2. The Morgan fingerprint density at radius 3 is 2.50 bits per heavy atom. The third kappa shape index (κ3) is 4.54. The van der Waals surface area contributed by atoms with Crippen LogP contribution in [0, 0.1) is 0 Å². The van der Waals surface area contributed by atoms with Crippen LogP contribution in [0.15, 0.2) is 30.6 Å². The fourth-order valence-electron chi connectivity index (χ4n) is 3.02. The van der Waals surface area contributed by atoms with Crippen molar-refractivity contribution in [1.29, 1.82) is 0 Å². The SMILES string of the molecule is COc1ccc(CCNc2cc(N3CCN(C)CC3)ncn2)cc1OC. The highest BCUT2D eigenvalue weighted by molar-refractivity contribution is 5.49. The number of hydrogen-bond donors (Lipinski definition) is 1. The van der Waals surface area contributed by atoms with Crippen molar-refractivity contribution in [2.45, 2.75) is 6.42 Å². The lowest BCUT2D eigenvalue weighted by atomic mass is 10.1. The maximum absolute atomic E-state index is 5.36. The smallest absolute Gasteiger partial charge is 0.160 e. The molecule has 1 fully saturated rings. The molecule has 7 nitrogen and oxygen atoms in total. The second kappa shape index (κ2) is 8.71. The zero-order valence-electron chi connectivity index (χ0n) is 15.7. The van der Waals surface area contributed by atoms with E-state index in [0.29, 0.717) is 0 Å². The average molecular weight is 357 g/mol. The Balaban J connectivity index is 1.56. The Bertz CT molecular complexity index is 717. The van der Waals surface area contributed by atoms with Gasteiger partial charge < -0.3 is 24.6 Å². The van der Waals surface area contributed by atoms with Crippen molar-refractivity contribution in [3.63, 3.8) is 0 Å². The minimum atomic E-state index is 0.747. The molecule has 0 radical (unpaired) electrons. The lowest BCUT2D eigenvalue weighted by Crippen LogP contribution is -2.44. The fourth-order valence-corrected chi connectivity index (χ4v) is 3.02. The van der Waals surface area contributed by atoms with E-state index in [1.54, 1.807) is 20.5 Å². The summed E-state index contributed by atoms with van der Waals surface area (Å²) in [7, 11) is 5.45. The molecule has 3 rings (SSSR count). The average Bonchev–Trinajstić information content (AvgIpc) is 2.68. The molecule has 26 heavy (non-hydrogen) atoms. The Kier molecular flexibility index (Phi) is 6.12. The lowest BCUT2D eigenvalue weighted by molar-refractivity contribution is 0.312. The van der Waals surface area contributed by atoms with Gasteiger partial charge in [0.25, 0.3) is 0 Å². The van der Waals surface area contributed by atoms with E-state index in [-0.39, 0.29) is 0 Å². The van der Waals surface area contributed by atoms with Crippen LogP contribution in [0.5, 0.6) is 11.5 Å². The van der Waals surface area contributed by atoms with Gasteiger partial charge in [0.1, 0.15) is 18.0 Å². The number of benzene rings is 1. The normalized spacial score (nSPS) is 15.0. The molecule has 0 unspecified atom stereocenters. The molecule has 1 aromatic heterocycles. The van der Waals surface area contributed by atoms with Gasteiger partial charge in [-0.2, -0.15) is 0 Å². The van der Waals surface area contributed by atoms with Gasteiger partial charge >= 0.3 is 0 Å². The Morgan fingerprint density at radius 2 is 1.77 bits per heavy atom. The van der Waals surface area contributed by atoms with E-state index in [1.807, 2.05) is 18.2 Å². The van der Waals surface area contributed by atoms with E-state index in [9.17, 15) is 0 Å². The van der Waals surface area contributed by atoms with Crippen molar-refractivity contribution in [2.75, 3.05) is 64.2 Å². The minimum absolute atomic E-state index is 0.747. The number of ether oxygens (including phenoxy) is 2. The minimum Gasteiger partial charge on any atom is -0.493 e. The van der Waals surface area contributed by atoms with Gasteiger partial charge in [-0.1, -0.05) is 6.07 Å². The third-order valence-electron chi connectivity index (χ3n) is 4.65. The number of anilines is 2. The maximum Gasteiger partial charge on any atom is 0.160 e. The zero-order chi connectivity index (χ0) is 18.4. The van der Waals surface area contributed by atoms with Gasteiger partial charge in [0, 0.05) is 38.8 Å². The largest absolute Gasteiger partial charge is 0.493 e. The van der Waals surface area contributed by atoms with Crippen LogP contribution in [0.4, 0.5) is 11.6 Å². The summed E-state index contributed by atoms with van der Waals surface area (Å²) in [4.78, 5) is 13.4. The number of hydrogen-bond acceptors (Lipinski definition) is 7. The topological polar surface area (TPSA) is 62.8 Å². The van der Waals surface area contributed by atoms with E-state index in [4.69, 9.17) is 9.47 Å². The molecule has 7 heteroatoms. The second-order valence-corrected chi connectivity index (χ2v) is 6.42. The summed E-state index contributed by atoms with van der Waals surface area (Å²) in [6.45, 7) is 4.91. The quantitative estimate of drug-likeness (QED) is 0.812. The van der Waals surface area contributed by atoms with Gasteiger partial charge in [0.2, 0.25) is 0 Å². The van der Waals surface area contributed by atoms with Gasteiger partial charge in [-0.25, -0.2) is 9.97 Å². The highest BCUT2D eigenvalue weighted by Crippen LogP contribution is 2.27. The third-order valence-corrected chi connectivity index (χ3v) is 4.65. The summed E-state index contributed by atoms with van der Waals surface area (Å²) in [5, 5.41) is 3.39. The highest BCUT2D eigenvalue weighted by Gasteiger charge is 2.15. The molecule has 0 bridgehead atoms. The first-order valence-electron chi connectivity index (χ1n) is 8.90. The van der Waals surface area contributed by atoms with Crippen LogP contribution in [-0.2, 0) is 6.42 Å². The summed E-state index contributed by atoms with van der Waals surface area (Å²) in [5.41, 5.74) is 1.18. The first-order chi connectivity index (χ1) is 12.7. The van der Waals surface area contributed by atoms with Gasteiger partial charge in [-0.05, 0) is 31.2 Å². The highest BCUT2D eigenvalue weighted by atomic mass is 16.5. The number of methoxy groups -OCH3 is 2. The molecule has 140 valence electrons. The standard InChI is InChI=1S/C19H27N5O2/c1-23-8-10-24(11-9-23)19-13-18(21-14-22-19)20-7-6-15-4-5-16(25-2)17(12-15)26-3/h4-5,12-14H,6-11H2,1-3H3,(H,20,21,22). The van der Waals surface area contributed by atoms with Crippen molar-refractivity contribution in [1.82, 2.24) is 14.9 Å². The summed E-state index contributed by atoms with van der Waals surface area (Å²) in [5.74, 6) is 3.34. The van der Waals surface area contributed by atoms with Crippen molar-refractivity contribution in [3.05, 3.63) is 36.2 Å². The molecule has 1 aromatic carbocycles. The molecule has 1 aliphatic rings. The van der Waals surface area contributed by atoms with E-state index in [1.165, 1.54) is 5.56 Å². The van der Waals surface area contributed by atoms with Gasteiger partial charge in [0.05, 0.1) is 14.2 Å². The molecule has 0 saturated carbocycles. The first kappa shape index (κ1) is 18.3. The molecule has 1 aliphatic heterocycles. The molecule has 2 heterocycles. The number of nitrogens with zero attached hydrogens (tertiary/aromatic N) is 4. The van der Waals surface area contributed by atoms with Crippen LogP contribution < -0.4 is 19.7 Å². The van der Waals surface area contributed by atoms with Crippen molar-refractivity contribution in [3.8, 4) is 11.5 Å². The number of rotatable bonds is 7. The van der Waals surface area contributed by atoms with Crippen LogP contribution in [0.3, 0.4) is 0 Å². The van der Waals surface area contributed by atoms with Crippen molar-refractivity contribution < 1.29 is 9.47 Å². The molecular formula is C19H27N5O2. The summed E-state index contributed by atoms with van der Waals surface area (Å²) in [6.07, 6.45) is 2.50. The lowest BCUT2D eigenvalue weighted by Gasteiger charge is -2.33. The van der Waals surface area contributed by atoms with Crippen LogP contribution in [0.1, 0.15) is 5.56 Å². The van der Waals surface area contributed by atoms with Crippen molar-refractivity contribution >= 4 is 11.6 Å². The number of piperazine rings is 1. The van der Waals surface area contributed by atoms with E-state index in [2.05, 4.69) is 38.2 Å². The van der Waals surface area contributed by atoms with Crippen LogP contribution in [-0.4, -0.2) is 68.9 Å². The zero-order valence-corrected chi connectivity index (χ0v) is 15.7. The van der Waals surface area contributed by atoms with Gasteiger partial charge in [0.15, 0.2) is 11.5 Å². The van der Waals surface area contributed by atoms with Gasteiger partial charge in [-0.15, -0.1) is 0 Å². The molecule has 0 atom stereocenters. The fraction of sp³-hybridized carbons (Fsp3) is 0.474. The molecule has 1 N–H and O–H groups in total. The van der Waals surface area contributed by atoms with Gasteiger partial charge in [-0.3, -0.25) is 0 Å². The second-order valence-electron chi connectivity index (χ2n) is 6.42. The maximum atomic E-state index is 5.36. The first-order valence-corrected chi connectivity index (χ1v) is 8.90. The summed E-state index contributed by atoms with van der Waals surface area (Å²) in [6, 6.07) is 8.03. The predicted octanol–water partition coefficient (Wildman–Crippen LogP) is 1.90. The Morgan fingerprint density at radius 1 is 1.00 bits per heavy atom.